The van der Waals surface area contributed by atoms with Crippen LogP contribution >= 0.6 is 23.6 Å². The Morgan fingerprint density at radius 1 is 1.38 bits per heavy atom. The van der Waals surface area contributed by atoms with E-state index in [2.05, 4.69) is 23.6 Å². The number of nitro benzene ring substituents is 1. The van der Waals surface area contributed by atoms with Crippen molar-refractivity contribution in [2.75, 3.05) is 5.32 Å². The molecule has 0 saturated carbocycles. The highest BCUT2D eigenvalue weighted by Gasteiger charge is 2.24. The lowest BCUT2D eigenvalue weighted by Gasteiger charge is -2.17. The lowest BCUT2D eigenvalue weighted by Crippen LogP contribution is -2.33. The fourth-order valence-corrected chi connectivity index (χ4v) is 5.27. The molecule has 2 heterocycles. The van der Waals surface area contributed by atoms with E-state index in [1.54, 1.807) is 18.2 Å². The number of non-ortho nitro benzene ring substituents is 1. The lowest BCUT2D eigenvalue weighted by atomic mass is 9.89. The number of nitro groups is 1. The van der Waals surface area contributed by atoms with Crippen molar-refractivity contribution in [2.45, 2.75) is 26.2 Å². The number of fused-ring (bicyclic) bond motifs is 1. The van der Waals surface area contributed by atoms with Gasteiger partial charge in [0.25, 0.3) is 11.6 Å². The van der Waals surface area contributed by atoms with E-state index in [0.717, 1.165) is 24.8 Å². The summed E-state index contributed by atoms with van der Waals surface area (Å²) in [5.41, 5.74) is 2.06. The van der Waals surface area contributed by atoms with Crippen LogP contribution in [0.25, 0.3) is 11.3 Å². The molecule has 0 bridgehead atoms. The molecule has 32 heavy (non-hydrogen) atoms. The summed E-state index contributed by atoms with van der Waals surface area (Å²) in [7, 11) is 0. The number of nitrogens with zero attached hydrogens (tertiary/aromatic N) is 2. The first kappa shape index (κ1) is 21.7. The van der Waals surface area contributed by atoms with E-state index in [1.807, 2.05) is 0 Å². The van der Waals surface area contributed by atoms with E-state index in [4.69, 9.17) is 16.6 Å². The molecular formula is C22H18N4O4S2. The molecule has 162 valence electrons. The van der Waals surface area contributed by atoms with Crippen LogP contribution < -0.4 is 10.6 Å². The summed E-state index contributed by atoms with van der Waals surface area (Å²) in [6, 6.07) is 11.2. The average Bonchev–Trinajstić information content (AvgIpc) is 3.38. The highest BCUT2D eigenvalue weighted by atomic mass is 32.1. The molecular weight excluding hydrogens is 448 g/mol. The molecule has 0 spiro atoms. The smallest absolute Gasteiger partial charge is 0.293 e. The van der Waals surface area contributed by atoms with Crippen molar-refractivity contribution < 1.29 is 14.1 Å². The molecule has 2 aromatic heterocycles. The first-order valence-corrected chi connectivity index (χ1v) is 11.1. The summed E-state index contributed by atoms with van der Waals surface area (Å²) < 4.78 is 5.57. The van der Waals surface area contributed by atoms with E-state index in [1.165, 1.54) is 34.4 Å². The van der Waals surface area contributed by atoms with Crippen molar-refractivity contribution in [2.24, 2.45) is 5.92 Å². The van der Waals surface area contributed by atoms with Crippen LogP contribution in [0, 0.1) is 27.4 Å². The molecule has 0 fully saturated rings. The van der Waals surface area contributed by atoms with Gasteiger partial charge in [-0.25, -0.2) is 0 Å². The summed E-state index contributed by atoms with van der Waals surface area (Å²) in [6.45, 7) is 2.19. The monoisotopic (exact) mass is 466 g/mol. The van der Waals surface area contributed by atoms with E-state index < -0.39 is 10.8 Å². The van der Waals surface area contributed by atoms with E-state index in [0.29, 0.717) is 27.8 Å². The predicted molar refractivity (Wildman–Crippen MR) is 125 cm³/mol. The number of nitrogens with one attached hydrogen (secondary N) is 2. The number of amides is 1. The number of furan rings is 1. The van der Waals surface area contributed by atoms with Crippen molar-refractivity contribution in [3.8, 4) is 17.4 Å². The minimum absolute atomic E-state index is 0.00969. The Morgan fingerprint density at radius 2 is 2.19 bits per heavy atom. The van der Waals surface area contributed by atoms with Crippen LogP contribution in [0.15, 0.2) is 40.8 Å². The van der Waals surface area contributed by atoms with Gasteiger partial charge < -0.3 is 9.73 Å². The Morgan fingerprint density at radius 3 is 2.94 bits per heavy atom. The number of hydrogen-bond acceptors (Lipinski definition) is 7. The zero-order chi connectivity index (χ0) is 22.8. The number of hydrogen-bond donors (Lipinski definition) is 2. The van der Waals surface area contributed by atoms with Crippen molar-refractivity contribution in [3.05, 3.63) is 68.3 Å². The van der Waals surface area contributed by atoms with E-state index in [-0.39, 0.29) is 16.6 Å². The Kier molecular flexibility index (Phi) is 6.03. The Hall–Kier alpha value is -3.55. The maximum Gasteiger partial charge on any atom is 0.293 e. The van der Waals surface area contributed by atoms with Crippen molar-refractivity contribution in [3.63, 3.8) is 0 Å². The number of rotatable bonds is 4. The quantitative estimate of drug-likeness (QED) is 0.314. The van der Waals surface area contributed by atoms with Crippen LogP contribution in [-0.4, -0.2) is 15.9 Å². The molecule has 1 aromatic carbocycles. The van der Waals surface area contributed by atoms with Gasteiger partial charge in [-0.3, -0.25) is 20.2 Å². The molecule has 0 radical (unpaired) electrons. The highest BCUT2D eigenvalue weighted by molar-refractivity contribution is 7.80. The zero-order valence-corrected chi connectivity index (χ0v) is 18.6. The molecule has 8 nitrogen and oxygen atoms in total. The zero-order valence-electron chi connectivity index (χ0n) is 17.0. The number of thiocarbonyl (C=S) groups is 1. The van der Waals surface area contributed by atoms with Gasteiger partial charge >= 0.3 is 0 Å². The van der Waals surface area contributed by atoms with Gasteiger partial charge in [-0.2, -0.15) is 5.26 Å². The fourth-order valence-electron chi connectivity index (χ4n) is 3.64. The van der Waals surface area contributed by atoms with Crippen LogP contribution in [0.3, 0.4) is 0 Å². The number of anilines is 1. The minimum atomic E-state index is -0.562. The summed E-state index contributed by atoms with van der Waals surface area (Å²) in [5.74, 6) is 0.346. The molecule has 10 heteroatoms. The standard InChI is InChI=1S/C22H18N4O4S2/c1-12-5-6-15-16(11-23)21(32-19(15)9-12)25-22(31)24-20(27)18-8-7-17(30-18)13-3-2-4-14(10-13)26(28)29/h2-4,7-8,10,12H,5-6,9H2,1H3,(H2,24,25,27,31)/t12-/m1/s1. The third-order valence-corrected chi connectivity index (χ3v) is 6.62. The summed E-state index contributed by atoms with van der Waals surface area (Å²) >= 11 is 6.76. The molecule has 1 atom stereocenters. The van der Waals surface area contributed by atoms with Crippen LogP contribution in [0.5, 0.6) is 0 Å². The van der Waals surface area contributed by atoms with Gasteiger partial charge in [-0.15, -0.1) is 11.3 Å². The number of carbonyl (C=O) groups is 1. The van der Waals surface area contributed by atoms with Gasteiger partial charge in [0.1, 0.15) is 16.8 Å². The van der Waals surface area contributed by atoms with Gasteiger partial charge in [0, 0.05) is 22.6 Å². The normalized spacial score (nSPS) is 14.8. The molecule has 0 aliphatic heterocycles. The summed E-state index contributed by atoms with van der Waals surface area (Å²) in [5, 5.41) is 26.8. The Balaban J connectivity index is 1.45. The van der Waals surface area contributed by atoms with Crippen LogP contribution in [-0.2, 0) is 12.8 Å². The number of thiophene rings is 1. The molecule has 3 aromatic rings. The van der Waals surface area contributed by atoms with Gasteiger partial charge in [-0.1, -0.05) is 19.1 Å². The SMILES string of the molecule is C[C@@H]1CCc2c(sc(NC(=S)NC(=O)c3ccc(-c4cccc([N+](=O)[O-])c4)o3)c2C#N)C1. The second kappa shape index (κ2) is 8.90. The number of nitriles is 1. The van der Waals surface area contributed by atoms with Gasteiger partial charge in [0.15, 0.2) is 10.9 Å². The fraction of sp³-hybridized carbons (Fsp3) is 0.227. The molecule has 1 aliphatic rings. The molecule has 4 rings (SSSR count). The summed E-state index contributed by atoms with van der Waals surface area (Å²) in [4.78, 5) is 24.2. The van der Waals surface area contributed by atoms with Crippen molar-refractivity contribution in [1.29, 1.82) is 5.26 Å². The highest BCUT2D eigenvalue weighted by Crippen LogP contribution is 2.39. The van der Waals surface area contributed by atoms with Crippen molar-refractivity contribution in [1.82, 2.24) is 5.32 Å². The number of carbonyl (C=O) groups excluding carboxylic acids is 1. The van der Waals surface area contributed by atoms with E-state index in [9.17, 15) is 20.2 Å². The van der Waals surface area contributed by atoms with E-state index >= 15 is 0 Å². The molecule has 0 saturated heterocycles. The second-order valence-electron chi connectivity index (χ2n) is 7.55. The van der Waals surface area contributed by atoms with Gasteiger partial charge in [0.05, 0.1) is 10.5 Å². The topological polar surface area (TPSA) is 121 Å². The molecule has 2 N–H and O–H groups in total. The third kappa shape index (κ3) is 4.39. The first-order chi connectivity index (χ1) is 15.4. The van der Waals surface area contributed by atoms with Crippen molar-refractivity contribution >= 4 is 45.3 Å². The minimum Gasteiger partial charge on any atom is -0.451 e. The third-order valence-electron chi connectivity index (χ3n) is 5.25. The van der Waals surface area contributed by atoms with Gasteiger partial charge in [0.2, 0.25) is 0 Å². The molecule has 1 aliphatic carbocycles. The summed E-state index contributed by atoms with van der Waals surface area (Å²) in [6.07, 6.45) is 2.84. The van der Waals surface area contributed by atoms with Crippen LogP contribution in [0.4, 0.5) is 10.7 Å². The molecule has 1 amide bonds. The average molecular weight is 467 g/mol. The lowest BCUT2D eigenvalue weighted by molar-refractivity contribution is -0.384. The van der Waals surface area contributed by atoms with Crippen LogP contribution in [0.1, 0.15) is 39.9 Å². The first-order valence-electron chi connectivity index (χ1n) is 9.87. The van der Waals surface area contributed by atoms with Crippen LogP contribution in [0.2, 0.25) is 0 Å². The largest absolute Gasteiger partial charge is 0.451 e. The second-order valence-corrected chi connectivity index (χ2v) is 9.06. The number of benzene rings is 1. The van der Waals surface area contributed by atoms with Gasteiger partial charge in [-0.05, 0) is 55.1 Å². The maximum absolute atomic E-state index is 12.6. The predicted octanol–water partition coefficient (Wildman–Crippen LogP) is 5.04. The molecule has 0 unspecified atom stereocenters. The Labute approximate surface area is 193 Å². The Bertz CT molecular complexity index is 1270. The maximum atomic E-state index is 12.6.